The summed E-state index contributed by atoms with van der Waals surface area (Å²) < 4.78 is 0. The van der Waals surface area contributed by atoms with Gasteiger partial charge in [-0.25, -0.2) is 6.21 Å². The van der Waals surface area contributed by atoms with Crippen molar-refractivity contribution in [3.8, 4) is 0 Å². The van der Waals surface area contributed by atoms with E-state index in [4.69, 9.17) is 20.2 Å². The van der Waals surface area contributed by atoms with E-state index in [2.05, 4.69) is 201 Å². The maximum atomic E-state index is 7.75. The summed E-state index contributed by atoms with van der Waals surface area (Å²) in [6, 6.07) is 64.7. The first-order valence-corrected chi connectivity index (χ1v) is 20.4. The van der Waals surface area contributed by atoms with Gasteiger partial charge < -0.3 is 10.2 Å². The molecule has 0 N–H and O–H groups in total. The van der Waals surface area contributed by atoms with Gasteiger partial charge in [0, 0.05) is 12.4 Å². The van der Waals surface area contributed by atoms with E-state index in [9.17, 15) is 0 Å². The molecule has 4 nitrogen and oxygen atoms in total. The molecule has 0 aliphatic rings. The van der Waals surface area contributed by atoms with Gasteiger partial charge in [0.1, 0.15) is 24.4 Å². The van der Waals surface area contributed by atoms with Crippen LogP contribution in [-0.4, -0.2) is 37.8 Å². The van der Waals surface area contributed by atoms with Gasteiger partial charge >= 0.3 is 17.1 Å². The monoisotopic (exact) mass is 761 g/mol. The van der Waals surface area contributed by atoms with E-state index in [0.717, 1.165) is 18.5 Å². The molecular formula is C45H45FeN3OP2+2. The zero-order chi connectivity index (χ0) is 35.9. The number of hydrogen-bond acceptors (Lipinski definition) is 3. The first-order chi connectivity index (χ1) is 25.3. The molecule has 0 aliphatic carbocycles. The fourth-order valence-corrected chi connectivity index (χ4v) is 10.4. The standard InChI is InChI=1S/C42H38N2P2.C2H4N.CHO.Fe/c1-7-19-35(20-8-1)41(43-31-33-45(37-23-11-3-12-24-37)38-25-13-4-14-26-38)42(36-21-9-2-10-22-36)44-32-34-46(39-27-15-5-16-28-39)40-29-17-6-18-30-40;1-2-3;1-2;/h1-32,41-42H,33-34H2;2H,1H3;1H;/q;2*-1;+2/p+2/t41-,42-;;;/m1.../s1. The number of nitrogens with zero attached hydrogens (tertiary/aromatic N) is 3. The summed E-state index contributed by atoms with van der Waals surface area (Å²) in [5.41, 5.74) is 2.35. The van der Waals surface area contributed by atoms with E-state index in [-0.39, 0.29) is 29.2 Å². The Balaban J connectivity index is 0.00000116. The van der Waals surface area contributed by atoms with E-state index in [1.54, 1.807) is 6.92 Å². The van der Waals surface area contributed by atoms with Gasteiger partial charge in [-0.3, -0.25) is 16.8 Å². The van der Waals surface area contributed by atoms with Crippen LogP contribution in [0.5, 0.6) is 0 Å². The normalized spacial score (nSPS) is 11.8. The van der Waals surface area contributed by atoms with E-state index < -0.39 is 15.8 Å². The second kappa shape index (κ2) is 24.5. The molecule has 52 heavy (non-hydrogen) atoms. The van der Waals surface area contributed by atoms with Crippen LogP contribution in [0.1, 0.15) is 30.1 Å². The summed E-state index contributed by atoms with van der Waals surface area (Å²) in [6.45, 7) is 4.81. The Labute approximate surface area is 322 Å². The quantitative estimate of drug-likeness (QED) is 0.0382. The predicted octanol–water partition coefficient (Wildman–Crippen LogP) is 8.71. The fraction of sp³-hybridized carbons (Fsp3) is 0.111. The molecule has 6 aromatic rings. The molecule has 0 saturated heterocycles. The van der Waals surface area contributed by atoms with Crippen molar-refractivity contribution >= 4 is 62.5 Å². The number of rotatable bonds is 13. The molecule has 6 rings (SSSR count). The minimum absolute atomic E-state index is 0. The number of hydrogen-bond donors (Lipinski definition) is 0. The molecule has 0 aliphatic heterocycles. The third-order valence-corrected chi connectivity index (χ3v) is 13.5. The van der Waals surface area contributed by atoms with Gasteiger partial charge in [-0.1, -0.05) is 140 Å². The second-order valence-corrected chi connectivity index (χ2v) is 16.5. The van der Waals surface area contributed by atoms with Crippen LogP contribution in [0.3, 0.4) is 0 Å². The van der Waals surface area contributed by atoms with E-state index in [1.165, 1.54) is 32.3 Å². The van der Waals surface area contributed by atoms with Gasteiger partial charge in [0.15, 0.2) is 0 Å². The molecule has 262 valence electrons. The van der Waals surface area contributed by atoms with Gasteiger partial charge in [-0.15, -0.1) is 0 Å². The van der Waals surface area contributed by atoms with E-state index in [0.29, 0.717) is 0 Å². The van der Waals surface area contributed by atoms with Crippen molar-refractivity contribution in [2.45, 2.75) is 19.0 Å². The molecule has 0 aromatic heterocycles. The van der Waals surface area contributed by atoms with Gasteiger partial charge in [-0.05, 0) is 59.7 Å². The van der Waals surface area contributed by atoms with Crippen LogP contribution < -0.4 is 21.2 Å². The molecule has 0 spiro atoms. The van der Waals surface area contributed by atoms with Crippen molar-refractivity contribution in [3.63, 3.8) is 0 Å². The molecule has 0 radical (unpaired) electrons. The Hall–Kier alpha value is -4.62. The van der Waals surface area contributed by atoms with Crippen molar-refractivity contribution in [3.05, 3.63) is 199 Å². The van der Waals surface area contributed by atoms with Gasteiger partial charge in [0.25, 0.3) is 0 Å². The van der Waals surface area contributed by atoms with Crippen LogP contribution >= 0.6 is 15.8 Å². The van der Waals surface area contributed by atoms with Crippen LogP contribution in [0.25, 0.3) is 5.41 Å². The molecule has 0 fully saturated rings. The van der Waals surface area contributed by atoms with Crippen LogP contribution in [0, 0.1) is 0 Å². The Bertz CT molecular complexity index is 1650. The summed E-state index contributed by atoms with van der Waals surface area (Å²) in [5.74, 6) is 0. The fourth-order valence-electron chi connectivity index (χ4n) is 5.88. The van der Waals surface area contributed by atoms with E-state index in [1.807, 2.05) is 0 Å². The Morgan fingerprint density at radius 1 is 0.481 bits per heavy atom. The summed E-state index contributed by atoms with van der Waals surface area (Å²) >= 11 is 0. The molecule has 2 atom stereocenters. The maximum absolute atomic E-state index is 7.75. The van der Waals surface area contributed by atoms with E-state index >= 15 is 0 Å². The third-order valence-electron chi connectivity index (χ3n) is 8.19. The SMILES string of the molecule is C(C[PH+](c1ccccc1)c1ccccc1)=N[C@H](c1ccccc1)[C@H](N=CC[PH+](c1ccccc1)c1ccccc1)c1ccccc1.CC=[N-].[CH-]=O.[Fe+2]. The van der Waals surface area contributed by atoms with Crippen LogP contribution in [-0.2, 0) is 21.9 Å². The zero-order valence-corrected chi connectivity index (χ0v) is 32.4. The Morgan fingerprint density at radius 3 is 0.923 bits per heavy atom. The average Bonchev–Trinajstić information content (AvgIpc) is 3.21. The van der Waals surface area contributed by atoms with Gasteiger partial charge in [-0.2, -0.15) is 0 Å². The first kappa shape index (κ1) is 41.8. The van der Waals surface area contributed by atoms with Crippen molar-refractivity contribution in [1.82, 2.24) is 0 Å². The molecule has 7 heteroatoms. The van der Waals surface area contributed by atoms with Crippen LogP contribution in [0.2, 0.25) is 0 Å². The zero-order valence-electron chi connectivity index (χ0n) is 29.3. The minimum atomic E-state index is -1.04. The van der Waals surface area contributed by atoms with Gasteiger partial charge in [0.05, 0.1) is 37.1 Å². The second-order valence-electron chi connectivity index (χ2n) is 11.5. The number of aliphatic imine (C=N–C) groups is 2. The molecular weight excluding hydrogens is 716 g/mol. The molecule has 6 aromatic carbocycles. The number of benzene rings is 6. The first-order valence-electron chi connectivity index (χ1n) is 17.0. The Kier molecular flexibility index (Phi) is 19.7. The summed E-state index contributed by atoms with van der Waals surface area (Å²) in [7, 11) is -2.08. The molecule has 0 bridgehead atoms. The minimum Gasteiger partial charge on any atom is -0.814 e. The number of carbonyl (C=O) groups excluding carboxylic acids is 1. The van der Waals surface area contributed by atoms with Crippen molar-refractivity contribution in [2.24, 2.45) is 9.98 Å². The largest absolute Gasteiger partial charge is 2.00 e. The molecule has 0 unspecified atom stereocenters. The molecule has 0 amide bonds. The topological polar surface area (TPSA) is 64.1 Å². The maximum Gasteiger partial charge on any atom is 2.00 e. The summed E-state index contributed by atoms with van der Waals surface area (Å²) in [4.78, 5) is 18.5. The molecule has 0 saturated carbocycles. The van der Waals surface area contributed by atoms with Crippen molar-refractivity contribution in [1.29, 1.82) is 0 Å². The predicted molar refractivity (Wildman–Crippen MR) is 228 cm³/mol. The van der Waals surface area contributed by atoms with Crippen molar-refractivity contribution in [2.75, 3.05) is 12.3 Å². The van der Waals surface area contributed by atoms with Gasteiger partial charge in [0.2, 0.25) is 0 Å². The smallest absolute Gasteiger partial charge is 0.814 e. The van der Waals surface area contributed by atoms with Crippen LogP contribution in [0.15, 0.2) is 192 Å². The average molecular weight is 762 g/mol. The summed E-state index contributed by atoms with van der Waals surface area (Å²) in [5, 5.41) is 13.0. The Morgan fingerprint density at radius 2 is 0.692 bits per heavy atom. The third kappa shape index (κ3) is 12.9. The summed E-state index contributed by atoms with van der Waals surface area (Å²) in [6.07, 6.45) is 7.17. The van der Waals surface area contributed by atoms with Crippen molar-refractivity contribution < 1.29 is 21.9 Å². The van der Waals surface area contributed by atoms with Crippen LogP contribution in [0.4, 0.5) is 0 Å². The molecule has 0 heterocycles.